The zero-order valence-corrected chi connectivity index (χ0v) is 15.4. The summed E-state index contributed by atoms with van der Waals surface area (Å²) in [5, 5.41) is 9.14. The van der Waals surface area contributed by atoms with Crippen LogP contribution in [0.4, 0.5) is 0 Å². The van der Waals surface area contributed by atoms with Crippen LogP contribution in [0.2, 0.25) is 5.02 Å². The van der Waals surface area contributed by atoms with Gasteiger partial charge in [-0.05, 0) is 36.4 Å². The van der Waals surface area contributed by atoms with Gasteiger partial charge in [0.1, 0.15) is 17.8 Å². The third kappa shape index (κ3) is 4.43. The van der Waals surface area contributed by atoms with E-state index in [1.807, 2.05) is 43.4 Å². The molecule has 8 heteroatoms. The van der Waals surface area contributed by atoms with E-state index in [1.165, 1.54) is 11.8 Å². The normalized spacial score (nSPS) is 10.8. The van der Waals surface area contributed by atoms with Crippen molar-refractivity contribution in [3.8, 4) is 11.3 Å². The number of carbonyl (C=O) groups is 1. The van der Waals surface area contributed by atoms with Crippen LogP contribution in [-0.4, -0.2) is 38.4 Å². The summed E-state index contributed by atoms with van der Waals surface area (Å²) < 4.78 is 7.61. The predicted molar refractivity (Wildman–Crippen MR) is 97.4 cm³/mol. The average Bonchev–Trinajstić information content (AvgIpc) is 3.22. The molecular weight excluding hydrogens is 360 g/mol. The minimum atomic E-state index is -0.00237. The SMILES string of the molecule is CN(Cc1ccc(-c2ccc(Cl)cc2)o1)C(=O)CSc1nncn1C. The van der Waals surface area contributed by atoms with Crippen LogP contribution in [0.25, 0.3) is 11.3 Å². The molecular formula is C17H17ClN4O2S. The number of rotatable bonds is 6. The van der Waals surface area contributed by atoms with Crippen LogP contribution in [0.15, 0.2) is 52.3 Å². The first-order chi connectivity index (χ1) is 12.0. The molecule has 0 fully saturated rings. The van der Waals surface area contributed by atoms with Crippen molar-refractivity contribution in [2.45, 2.75) is 11.7 Å². The Morgan fingerprint density at radius 1 is 1.28 bits per heavy atom. The number of thioether (sulfide) groups is 1. The number of hydrogen-bond acceptors (Lipinski definition) is 5. The number of amides is 1. The molecule has 130 valence electrons. The van der Waals surface area contributed by atoms with Crippen LogP contribution < -0.4 is 0 Å². The van der Waals surface area contributed by atoms with E-state index < -0.39 is 0 Å². The summed E-state index contributed by atoms with van der Waals surface area (Å²) in [7, 11) is 3.60. The van der Waals surface area contributed by atoms with Gasteiger partial charge >= 0.3 is 0 Å². The first-order valence-corrected chi connectivity index (χ1v) is 8.94. The summed E-state index contributed by atoms with van der Waals surface area (Å²) in [6, 6.07) is 11.2. The van der Waals surface area contributed by atoms with Gasteiger partial charge in [0.15, 0.2) is 5.16 Å². The summed E-state index contributed by atoms with van der Waals surface area (Å²) in [5.41, 5.74) is 0.947. The quantitative estimate of drug-likeness (QED) is 0.616. The maximum absolute atomic E-state index is 12.3. The van der Waals surface area contributed by atoms with Crippen LogP contribution in [-0.2, 0) is 18.4 Å². The van der Waals surface area contributed by atoms with Crippen molar-refractivity contribution in [3.63, 3.8) is 0 Å². The van der Waals surface area contributed by atoms with Gasteiger partial charge in [-0.3, -0.25) is 4.79 Å². The van der Waals surface area contributed by atoms with E-state index in [1.54, 1.807) is 22.8 Å². The second kappa shape index (κ2) is 7.76. The Kier molecular flexibility index (Phi) is 5.45. The molecule has 2 aromatic heterocycles. The van der Waals surface area contributed by atoms with Crippen molar-refractivity contribution in [2.24, 2.45) is 7.05 Å². The fourth-order valence-electron chi connectivity index (χ4n) is 2.19. The second-order valence-electron chi connectivity index (χ2n) is 5.54. The maximum atomic E-state index is 12.3. The molecule has 0 saturated carbocycles. The lowest BCUT2D eigenvalue weighted by Gasteiger charge is -2.15. The van der Waals surface area contributed by atoms with Crippen LogP contribution in [0, 0.1) is 0 Å². The highest BCUT2D eigenvalue weighted by molar-refractivity contribution is 7.99. The van der Waals surface area contributed by atoms with E-state index in [-0.39, 0.29) is 5.91 Å². The van der Waals surface area contributed by atoms with Gasteiger partial charge in [-0.1, -0.05) is 23.4 Å². The highest BCUT2D eigenvalue weighted by Crippen LogP contribution is 2.24. The van der Waals surface area contributed by atoms with E-state index in [0.29, 0.717) is 22.5 Å². The summed E-state index contributed by atoms with van der Waals surface area (Å²) >= 11 is 7.26. The summed E-state index contributed by atoms with van der Waals surface area (Å²) in [6.45, 7) is 0.409. The fourth-order valence-corrected chi connectivity index (χ4v) is 3.15. The Labute approximate surface area is 154 Å². The Morgan fingerprint density at radius 2 is 2.04 bits per heavy atom. The van der Waals surface area contributed by atoms with Gasteiger partial charge < -0.3 is 13.9 Å². The largest absolute Gasteiger partial charge is 0.459 e. The molecule has 3 aromatic rings. The Bertz CT molecular complexity index is 860. The first kappa shape index (κ1) is 17.6. The third-order valence-electron chi connectivity index (χ3n) is 3.60. The number of furan rings is 1. The summed E-state index contributed by atoms with van der Waals surface area (Å²) in [6.07, 6.45) is 1.61. The van der Waals surface area contributed by atoms with Gasteiger partial charge in [0.2, 0.25) is 5.91 Å². The topological polar surface area (TPSA) is 64.2 Å². The second-order valence-corrected chi connectivity index (χ2v) is 6.91. The minimum absolute atomic E-state index is 0.00237. The first-order valence-electron chi connectivity index (χ1n) is 7.58. The van der Waals surface area contributed by atoms with E-state index in [4.69, 9.17) is 16.0 Å². The molecule has 1 amide bonds. The van der Waals surface area contributed by atoms with E-state index in [0.717, 1.165) is 17.1 Å². The van der Waals surface area contributed by atoms with Crippen LogP contribution in [0.1, 0.15) is 5.76 Å². The van der Waals surface area contributed by atoms with E-state index in [9.17, 15) is 4.79 Å². The maximum Gasteiger partial charge on any atom is 0.233 e. The predicted octanol–water partition coefficient (Wildman–Crippen LogP) is 3.48. The molecule has 3 rings (SSSR count). The summed E-state index contributed by atoms with van der Waals surface area (Å²) in [4.78, 5) is 13.9. The molecule has 0 unspecified atom stereocenters. The minimum Gasteiger partial charge on any atom is -0.459 e. The molecule has 0 atom stereocenters. The molecule has 2 heterocycles. The molecule has 0 radical (unpaired) electrons. The van der Waals surface area contributed by atoms with E-state index in [2.05, 4.69) is 10.2 Å². The Morgan fingerprint density at radius 3 is 2.72 bits per heavy atom. The number of halogens is 1. The molecule has 0 bridgehead atoms. The molecule has 0 aliphatic heterocycles. The van der Waals surface area contributed by atoms with Crippen molar-refractivity contribution in [2.75, 3.05) is 12.8 Å². The number of benzene rings is 1. The van der Waals surface area contributed by atoms with Gasteiger partial charge in [0, 0.05) is 24.7 Å². The molecule has 0 aliphatic carbocycles. The Hall–Kier alpha value is -2.25. The molecule has 0 saturated heterocycles. The lowest BCUT2D eigenvalue weighted by Crippen LogP contribution is -2.27. The number of hydrogen-bond donors (Lipinski definition) is 0. The van der Waals surface area contributed by atoms with Gasteiger partial charge in [-0.15, -0.1) is 10.2 Å². The van der Waals surface area contributed by atoms with Crippen LogP contribution in [0.3, 0.4) is 0 Å². The standard InChI is InChI=1S/C17H17ClN4O2S/c1-21(16(23)10-25-17-20-19-11-22(17)2)9-14-7-8-15(24-14)12-3-5-13(18)6-4-12/h3-8,11H,9-10H2,1-2H3. The van der Waals surface area contributed by atoms with Crippen LogP contribution >= 0.6 is 23.4 Å². The number of aromatic nitrogens is 3. The molecule has 0 aliphatic rings. The zero-order valence-electron chi connectivity index (χ0n) is 13.8. The van der Waals surface area contributed by atoms with Crippen molar-refractivity contribution >= 4 is 29.3 Å². The number of aryl methyl sites for hydroxylation is 1. The van der Waals surface area contributed by atoms with Crippen molar-refractivity contribution in [1.82, 2.24) is 19.7 Å². The third-order valence-corrected chi connectivity index (χ3v) is 4.87. The number of carbonyl (C=O) groups excluding carboxylic acids is 1. The van der Waals surface area contributed by atoms with Gasteiger partial charge in [-0.2, -0.15) is 0 Å². The fraction of sp³-hybridized carbons (Fsp3) is 0.235. The molecule has 6 nitrogen and oxygen atoms in total. The number of nitrogens with zero attached hydrogens (tertiary/aromatic N) is 4. The highest BCUT2D eigenvalue weighted by Gasteiger charge is 2.14. The molecule has 0 N–H and O–H groups in total. The van der Waals surface area contributed by atoms with Crippen molar-refractivity contribution in [3.05, 3.63) is 53.5 Å². The molecule has 0 spiro atoms. The van der Waals surface area contributed by atoms with Gasteiger partial charge in [0.05, 0.1) is 12.3 Å². The molecule has 1 aromatic carbocycles. The lowest BCUT2D eigenvalue weighted by atomic mass is 10.2. The summed E-state index contributed by atoms with van der Waals surface area (Å²) in [5.74, 6) is 1.77. The average molecular weight is 377 g/mol. The Balaban J connectivity index is 1.57. The highest BCUT2D eigenvalue weighted by atomic mass is 35.5. The van der Waals surface area contributed by atoms with Gasteiger partial charge in [-0.25, -0.2) is 0 Å². The molecule has 25 heavy (non-hydrogen) atoms. The van der Waals surface area contributed by atoms with E-state index >= 15 is 0 Å². The van der Waals surface area contributed by atoms with Crippen molar-refractivity contribution in [1.29, 1.82) is 0 Å². The van der Waals surface area contributed by atoms with Gasteiger partial charge in [0.25, 0.3) is 0 Å². The smallest absolute Gasteiger partial charge is 0.233 e. The van der Waals surface area contributed by atoms with Crippen LogP contribution in [0.5, 0.6) is 0 Å². The lowest BCUT2D eigenvalue weighted by molar-refractivity contribution is -0.127. The zero-order chi connectivity index (χ0) is 17.8. The van der Waals surface area contributed by atoms with Crippen molar-refractivity contribution < 1.29 is 9.21 Å². The monoisotopic (exact) mass is 376 g/mol.